The molecular formula is C12H18Cl2N2. The van der Waals surface area contributed by atoms with Crippen LogP contribution < -0.4 is 5.32 Å². The standard InChI is InChI=1S/C12H18Cl2N2/c1-9(16(3)7-6-15-2)10-4-5-11(13)12(14)8-10/h4-5,8-9,15H,6-7H2,1-3H3. The fraction of sp³-hybridized carbons (Fsp3) is 0.500. The molecule has 2 nitrogen and oxygen atoms in total. The highest BCUT2D eigenvalue weighted by Crippen LogP contribution is 2.27. The summed E-state index contributed by atoms with van der Waals surface area (Å²) >= 11 is 11.9. The van der Waals surface area contributed by atoms with Gasteiger partial charge < -0.3 is 5.32 Å². The second-order valence-corrected chi connectivity index (χ2v) is 4.75. The van der Waals surface area contributed by atoms with Crippen LogP contribution in [0, 0.1) is 0 Å². The summed E-state index contributed by atoms with van der Waals surface area (Å²) in [4.78, 5) is 2.27. The lowest BCUT2D eigenvalue weighted by atomic mass is 10.1. The Morgan fingerprint density at radius 3 is 2.56 bits per heavy atom. The number of benzene rings is 1. The molecule has 0 radical (unpaired) electrons. The number of halogens is 2. The first-order valence-electron chi connectivity index (χ1n) is 5.36. The van der Waals surface area contributed by atoms with Gasteiger partial charge in [0.05, 0.1) is 10.0 Å². The van der Waals surface area contributed by atoms with Crippen LogP contribution in [0.25, 0.3) is 0 Å². The summed E-state index contributed by atoms with van der Waals surface area (Å²) in [6, 6.07) is 6.14. The van der Waals surface area contributed by atoms with Gasteiger partial charge in [-0.3, -0.25) is 4.90 Å². The van der Waals surface area contributed by atoms with Crippen molar-refractivity contribution in [2.24, 2.45) is 0 Å². The number of nitrogens with one attached hydrogen (secondary N) is 1. The summed E-state index contributed by atoms with van der Waals surface area (Å²) in [7, 11) is 4.06. The Kier molecular flexibility index (Phi) is 5.56. The molecule has 0 aliphatic rings. The Hall–Kier alpha value is -0.280. The van der Waals surface area contributed by atoms with Crippen LogP contribution in [-0.4, -0.2) is 32.1 Å². The highest BCUT2D eigenvalue weighted by Gasteiger charge is 2.12. The zero-order valence-corrected chi connectivity index (χ0v) is 11.4. The predicted octanol–water partition coefficient (Wildman–Crippen LogP) is 3.21. The number of hydrogen-bond acceptors (Lipinski definition) is 2. The second-order valence-electron chi connectivity index (χ2n) is 3.93. The van der Waals surface area contributed by atoms with Crippen molar-refractivity contribution >= 4 is 23.2 Å². The van der Waals surface area contributed by atoms with Gasteiger partial charge in [-0.15, -0.1) is 0 Å². The fourth-order valence-electron chi connectivity index (χ4n) is 1.51. The van der Waals surface area contributed by atoms with Crippen molar-refractivity contribution in [1.29, 1.82) is 0 Å². The molecule has 0 fully saturated rings. The van der Waals surface area contributed by atoms with E-state index in [2.05, 4.69) is 24.2 Å². The van der Waals surface area contributed by atoms with E-state index in [0.29, 0.717) is 16.1 Å². The summed E-state index contributed by atoms with van der Waals surface area (Å²) in [6.07, 6.45) is 0. The average Bonchev–Trinajstić information content (AvgIpc) is 2.28. The number of likely N-dealkylation sites (N-methyl/N-ethyl adjacent to an activating group) is 2. The van der Waals surface area contributed by atoms with Crippen LogP contribution in [0.15, 0.2) is 18.2 Å². The van der Waals surface area contributed by atoms with Gasteiger partial charge in [-0.1, -0.05) is 29.3 Å². The normalized spacial score (nSPS) is 13.1. The van der Waals surface area contributed by atoms with Gasteiger partial charge in [0.2, 0.25) is 0 Å². The van der Waals surface area contributed by atoms with E-state index in [9.17, 15) is 0 Å². The maximum Gasteiger partial charge on any atom is 0.0595 e. The average molecular weight is 261 g/mol. The molecule has 4 heteroatoms. The number of hydrogen-bond donors (Lipinski definition) is 1. The van der Waals surface area contributed by atoms with Crippen LogP contribution in [0.4, 0.5) is 0 Å². The van der Waals surface area contributed by atoms with Gasteiger partial charge >= 0.3 is 0 Å². The summed E-state index contributed by atoms with van der Waals surface area (Å²) in [6.45, 7) is 4.13. The minimum Gasteiger partial charge on any atom is -0.318 e. The van der Waals surface area contributed by atoms with Crippen LogP contribution in [-0.2, 0) is 0 Å². The Morgan fingerprint density at radius 1 is 1.31 bits per heavy atom. The number of nitrogens with zero attached hydrogens (tertiary/aromatic N) is 1. The first-order chi connectivity index (χ1) is 7.56. The minimum absolute atomic E-state index is 0.336. The molecule has 1 N–H and O–H groups in total. The zero-order valence-electron chi connectivity index (χ0n) is 9.93. The van der Waals surface area contributed by atoms with Crippen molar-refractivity contribution in [2.75, 3.05) is 27.2 Å². The summed E-state index contributed by atoms with van der Waals surface area (Å²) in [5.41, 5.74) is 1.19. The molecule has 0 spiro atoms. The van der Waals surface area contributed by atoms with Gasteiger partial charge in [0.25, 0.3) is 0 Å². The molecule has 0 aliphatic heterocycles. The highest BCUT2D eigenvalue weighted by molar-refractivity contribution is 6.42. The molecule has 0 aromatic heterocycles. The molecule has 0 saturated carbocycles. The van der Waals surface area contributed by atoms with Crippen molar-refractivity contribution in [2.45, 2.75) is 13.0 Å². The SMILES string of the molecule is CNCCN(C)C(C)c1ccc(Cl)c(Cl)c1. The van der Waals surface area contributed by atoms with Crippen LogP contribution in [0.2, 0.25) is 10.0 Å². The third kappa shape index (κ3) is 3.63. The number of rotatable bonds is 5. The second kappa shape index (κ2) is 6.45. The highest BCUT2D eigenvalue weighted by atomic mass is 35.5. The molecule has 1 aromatic rings. The Bertz CT molecular complexity index is 342. The van der Waals surface area contributed by atoms with Gasteiger partial charge in [0.1, 0.15) is 0 Å². The Morgan fingerprint density at radius 2 is 2.00 bits per heavy atom. The lowest BCUT2D eigenvalue weighted by Gasteiger charge is -2.25. The molecule has 1 rings (SSSR count). The van der Waals surface area contributed by atoms with E-state index >= 15 is 0 Å². The van der Waals surface area contributed by atoms with Crippen LogP contribution >= 0.6 is 23.2 Å². The molecule has 1 atom stereocenters. The smallest absolute Gasteiger partial charge is 0.0595 e. The summed E-state index contributed by atoms with van der Waals surface area (Å²) in [5, 5.41) is 4.36. The van der Waals surface area contributed by atoms with Gasteiger partial charge in [-0.05, 0) is 38.7 Å². The zero-order chi connectivity index (χ0) is 12.1. The molecule has 16 heavy (non-hydrogen) atoms. The molecule has 0 amide bonds. The quantitative estimate of drug-likeness (QED) is 0.875. The molecule has 0 heterocycles. The van der Waals surface area contributed by atoms with E-state index in [1.54, 1.807) is 0 Å². The first kappa shape index (κ1) is 13.8. The van der Waals surface area contributed by atoms with E-state index in [1.807, 2.05) is 25.2 Å². The van der Waals surface area contributed by atoms with E-state index in [4.69, 9.17) is 23.2 Å². The largest absolute Gasteiger partial charge is 0.318 e. The van der Waals surface area contributed by atoms with Crippen molar-refractivity contribution in [3.8, 4) is 0 Å². The first-order valence-corrected chi connectivity index (χ1v) is 6.11. The molecule has 1 aromatic carbocycles. The lowest BCUT2D eigenvalue weighted by Crippen LogP contribution is -2.29. The lowest BCUT2D eigenvalue weighted by molar-refractivity contribution is 0.263. The molecular weight excluding hydrogens is 243 g/mol. The summed E-state index contributed by atoms with van der Waals surface area (Å²) < 4.78 is 0. The maximum atomic E-state index is 6.00. The van der Waals surface area contributed by atoms with Crippen molar-refractivity contribution in [1.82, 2.24) is 10.2 Å². The molecule has 1 unspecified atom stereocenters. The van der Waals surface area contributed by atoms with Crippen LogP contribution in [0.3, 0.4) is 0 Å². The van der Waals surface area contributed by atoms with E-state index in [-0.39, 0.29) is 0 Å². The molecule has 90 valence electrons. The van der Waals surface area contributed by atoms with E-state index in [1.165, 1.54) is 5.56 Å². The van der Waals surface area contributed by atoms with E-state index in [0.717, 1.165) is 13.1 Å². The van der Waals surface area contributed by atoms with Crippen LogP contribution in [0.1, 0.15) is 18.5 Å². The third-order valence-corrected chi connectivity index (χ3v) is 3.54. The van der Waals surface area contributed by atoms with Crippen molar-refractivity contribution in [3.63, 3.8) is 0 Å². The molecule has 0 aliphatic carbocycles. The molecule has 0 saturated heterocycles. The monoisotopic (exact) mass is 260 g/mol. The Balaban J connectivity index is 2.71. The van der Waals surface area contributed by atoms with Crippen LogP contribution in [0.5, 0.6) is 0 Å². The maximum absolute atomic E-state index is 6.00. The Labute approximate surface area is 108 Å². The van der Waals surface area contributed by atoms with Gasteiger partial charge in [0, 0.05) is 19.1 Å². The van der Waals surface area contributed by atoms with E-state index < -0.39 is 0 Å². The van der Waals surface area contributed by atoms with Gasteiger partial charge in [0.15, 0.2) is 0 Å². The summed E-state index contributed by atoms with van der Waals surface area (Å²) in [5.74, 6) is 0. The van der Waals surface area contributed by atoms with Crippen molar-refractivity contribution < 1.29 is 0 Å². The third-order valence-electron chi connectivity index (χ3n) is 2.80. The fourth-order valence-corrected chi connectivity index (χ4v) is 1.82. The van der Waals surface area contributed by atoms with Gasteiger partial charge in [-0.25, -0.2) is 0 Å². The van der Waals surface area contributed by atoms with Gasteiger partial charge in [-0.2, -0.15) is 0 Å². The van der Waals surface area contributed by atoms with Crippen molar-refractivity contribution in [3.05, 3.63) is 33.8 Å². The molecule has 0 bridgehead atoms. The minimum atomic E-state index is 0.336. The topological polar surface area (TPSA) is 15.3 Å². The predicted molar refractivity (Wildman–Crippen MR) is 71.4 cm³/mol.